The number of halogens is 1. The van der Waals surface area contributed by atoms with Crippen molar-refractivity contribution in [2.45, 2.75) is 19.8 Å². The monoisotopic (exact) mass is 190 g/mol. The van der Waals surface area contributed by atoms with Crippen LogP contribution in [0.15, 0.2) is 6.07 Å². The Balaban J connectivity index is 2.66. The summed E-state index contributed by atoms with van der Waals surface area (Å²) >= 11 is 0. The van der Waals surface area contributed by atoms with E-state index in [1.165, 1.54) is 6.07 Å². The van der Waals surface area contributed by atoms with Gasteiger partial charge in [-0.25, -0.2) is 4.39 Å². The van der Waals surface area contributed by atoms with E-state index in [9.17, 15) is 4.39 Å². The van der Waals surface area contributed by atoms with Gasteiger partial charge in [0.2, 0.25) is 0 Å². The summed E-state index contributed by atoms with van der Waals surface area (Å²) in [5.41, 5.74) is 2.54. The second-order valence-corrected chi connectivity index (χ2v) is 3.43. The van der Waals surface area contributed by atoms with E-state index in [4.69, 9.17) is 11.2 Å². The maximum Gasteiger partial charge on any atom is 0.166 e. The van der Waals surface area contributed by atoms with Crippen LogP contribution in [0.4, 0.5) is 4.39 Å². The first-order chi connectivity index (χ1) is 6.74. The summed E-state index contributed by atoms with van der Waals surface area (Å²) in [5.74, 6) is 2.55. The molecule has 0 unspecified atom stereocenters. The number of benzene rings is 1. The molecule has 0 N–H and O–H groups in total. The summed E-state index contributed by atoms with van der Waals surface area (Å²) in [6.45, 7) is 2.51. The normalized spacial score (nSPS) is 14.1. The third kappa shape index (κ3) is 1.26. The molecule has 1 heterocycles. The third-order valence-corrected chi connectivity index (χ3v) is 2.59. The highest BCUT2D eigenvalue weighted by atomic mass is 19.1. The molecule has 14 heavy (non-hydrogen) atoms. The van der Waals surface area contributed by atoms with Crippen LogP contribution in [0.25, 0.3) is 0 Å². The Morgan fingerprint density at radius 3 is 3.07 bits per heavy atom. The van der Waals surface area contributed by atoms with E-state index < -0.39 is 0 Å². The Bertz CT molecular complexity index is 412. The number of terminal acetylenes is 1. The summed E-state index contributed by atoms with van der Waals surface area (Å²) in [5, 5.41) is 0. The van der Waals surface area contributed by atoms with Crippen molar-refractivity contribution in [3.05, 3.63) is 28.6 Å². The molecule has 2 heteroatoms. The van der Waals surface area contributed by atoms with Crippen molar-refractivity contribution >= 4 is 0 Å². The van der Waals surface area contributed by atoms with Crippen molar-refractivity contribution in [3.63, 3.8) is 0 Å². The Morgan fingerprint density at radius 2 is 2.36 bits per heavy atom. The maximum absolute atomic E-state index is 13.5. The third-order valence-electron chi connectivity index (χ3n) is 2.59. The van der Waals surface area contributed by atoms with Gasteiger partial charge in [0.05, 0.1) is 6.61 Å². The van der Waals surface area contributed by atoms with E-state index in [1.807, 2.05) is 6.92 Å². The number of rotatable bonds is 0. The molecule has 0 aromatic heterocycles. The highest BCUT2D eigenvalue weighted by molar-refractivity contribution is 5.51. The average molecular weight is 190 g/mol. The standard InChI is InChI=1S/C12H11FO/c1-3-9-7-11(13)12-10(8(9)2)5-4-6-14-12/h1,7H,4-6H2,2H3. The number of hydrogen-bond donors (Lipinski definition) is 0. The molecule has 0 fully saturated rings. The van der Waals surface area contributed by atoms with Crippen LogP contribution in [0.2, 0.25) is 0 Å². The Morgan fingerprint density at radius 1 is 1.57 bits per heavy atom. The van der Waals surface area contributed by atoms with Crippen molar-refractivity contribution < 1.29 is 9.13 Å². The Labute approximate surface area is 82.9 Å². The lowest BCUT2D eigenvalue weighted by molar-refractivity contribution is 0.272. The molecule has 72 valence electrons. The summed E-state index contributed by atoms with van der Waals surface area (Å²) in [6, 6.07) is 1.37. The lowest BCUT2D eigenvalue weighted by Gasteiger charge is -2.20. The van der Waals surface area contributed by atoms with Crippen LogP contribution in [-0.4, -0.2) is 6.61 Å². The second-order valence-electron chi connectivity index (χ2n) is 3.43. The molecular weight excluding hydrogens is 179 g/mol. The van der Waals surface area contributed by atoms with E-state index in [0.717, 1.165) is 24.0 Å². The molecule has 0 saturated carbocycles. The van der Waals surface area contributed by atoms with E-state index in [-0.39, 0.29) is 5.82 Å². The van der Waals surface area contributed by atoms with Crippen molar-refractivity contribution in [2.24, 2.45) is 0 Å². The van der Waals surface area contributed by atoms with Crippen molar-refractivity contribution in [2.75, 3.05) is 6.61 Å². The average Bonchev–Trinajstić information content (AvgIpc) is 2.23. The van der Waals surface area contributed by atoms with Crippen LogP contribution in [0.1, 0.15) is 23.1 Å². The first-order valence-corrected chi connectivity index (χ1v) is 4.65. The fourth-order valence-corrected chi connectivity index (χ4v) is 1.81. The molecule has 1 aromatic rings. The van der Waals surface area contributed by atoms with Gasteiger partial charge in [-0.15, -0.1) is 6.42 Å². The first-order valence-electron chi connectivity index (χ1n) is 4.65. The van der Waals surface area contributed by atoms with Crippen LogP contribution in [0, 0.1) is 25.1 Å². The summed E-state index contributed by atoms with van der Waals surface area (Å²) in [6.07, 6.45) is 7.08. The van der Waals surface area contributed by atoms with Crippen LogP contribution in [0.3, 0.4) is 0 Å². The van der Waals surface area contributed by atoms with Gasteiger partial charge in [-0.1, -0.05) is 5.92 Å². The van der Waals surface area contributed by atoms with Gasteiger partial charge in [0.1, 0.15) is 0 Å². The molecule has 0 bridgehead atoms. The molecule has 1 nitrogen and oxygen atoms in total. The van der Waals surface area contributed by atoms with Gasteiger partial charge in [0.15, 0.2) is 11.6 Å². The maximum atomic E-state index is 13.5. The Hall–Kier alpha value is -1.49. The van der Waals surface area contributed by atoms with E-state index >= 15 is 0 Å². The lowest BCUT2D eigenvalue weighted by atomic mass is 9.96. The van der Waals surface area contributed by atoms with Gasteiger partial charge in [0.25, 0.3) is 0 Å². The first kappa shape index (κ1) is 9.08. The van der Waals surface area contributed by atoms with Gasteiger partial charge in [-0.05, 0) is 31.4 Å². The van der Waals surface area contributed by atoms with Crippen molar-refractivity contribution in [1.82, 2.24) is 0 Å². The molecule has 1 aliphatic rings. The highest BCUT2D eigenvalue weighted by Gasteiger charge is 2.19. The Kier molecular flexibility index (Phi) is 2.17. The molecule has 1 aromatic carbocycles. The fourth-order valence-electron chi connectivity index (χ4n) is 1.81. The van der Waals surface area contributed by atoms with Gasteiger partial charge >= 0.3 is 0 Å². The van der Waals surface area contributed by atoms with Crippen LogP contribution in [0.5, 0.6) is 5.75 Å². The van der Waals surface area contributed by atoms with Crippen LogP contribution in [-0.2, 0) is 6.42 Å². The molecule has 2 rings (SSSR count). The van der Waals surface area contributed by atoms with Gasteiger partial charge in [0, 0.05) is 11.1 Å². The van der Waals surface area contributed by atoms with Gasteiger partial charge < -0.3 is 4.74 Å². The number of hydrogen-bond acceptors (Lipinski definition) is 1. The molecule has 0 saturated heterocycles. The van der Waals surface area contributed by atoms with Gasteiger partial charge in [-0.3, -0.25) is 0 Å². The predicted octanol–water partition coefficient (Wildman–Crippen LogP) is 2.44. The zero-order chi connectivity index (χ0) is 10.1. The number of fused-ring (bicyclic) bond motifs is 1. The summed E-state index contributed by atoms with van der Waals surface area (Å²) in [4.78, 5) is 0. The van der Waals surface area contributed by atoms with Gasteiger partial charge in [-0.2, -0.15) is 0 Å². The summed E-state index contributed by atoms with van der Waals surface area (Å²) < 4.78 is 18.8. The zero-order valence-electron chi connectivity index (χ0n) is 8.06. The number of ether oxygens (including phenoxy) is 1. The molecule has 0 aliphatic carbocycles. The van der Waals surface area contributed by atoms with Crippen molar-refractivity contribution in [1.29, 1.82) is 0 Å². The second kappa shape index (κ2) is 3.34. The minimum atomic E-state index is -0.335. The highest BCUT2D eigenvalue weighted by Crippen LogP contribution is 2.32. The SMILES string of the molecule is C#Cc1cc(F)c2c(c1C)CCCO2. The lowest BCUT2D eigenvalue weighted by Crippen LogP contribution is -2.12. The summed E-state index contributed by atoms with van der Waals surface area (Å²) in [7, 11) is 0. The molecule has 0 amide bonds. The minimum Gasteiger partial charge on any atom is -0.490 e. The molecule has 1 aliphatic heterocycles. The van der Waals surface area contributed by atoms with Crippen molar-refractivity contribution in [3.8, 4) is 18.1 Å². The minimum absolute atomic E-state index is 0.335. The van der Waals surface area contributed by atoms with E-state index in [2.05, 4.69) is 5.92 Å². The fraction of sp³-hybridized carbons (Fsp3) is 0.333. The van der Waals surface area contributed by atoms with E-state index in [1.54, 1.807) is 0 Å². The van der Waals surface area contributed by atoms with E-state index in [0.29, 0.717) is 17.9 Å². The quantitative estimate of drug-likeness (QED) is 0.571. The topological polar surface area (TPSA) is 9.23 Å². The van der Waals surface area contributed by atoms with Crippen LogP contribution >= 0.6 is 0 Å². The smallest absolute Gasteiger partial charge is 0.166 e. The molecule has 0 spiro atoms. The predicted molar refractivity (Wildman–Crippen MR) is 52.9 cm³/mol. The zero-order valence-corrected chi connectivity index (χ0v) is 8.06. The molecule has 0 radical (unpaired) electrons. The van der Waals surface area contributed by atoms with Crippen LogP contribution < -0.4 is 4.74 Å². The molecular formula is C12H11FO. The largest absolute Gasteiger partial charge is 0.490 e. The molecule has 0 atom stereocenters.